The van der Waals surface area contributed by atoms with E-state index < -0.39 is 0 Å². The number of amides is 1. The average Bonchev–Trinajstić information content (AvgIpc) is 2.83. The molecule has 0 atom stereocenters. The SMILES string of the molecule is CCN(CC)C(=O)Oc1ccc2[nH]cc(CCN)c2c1. The monoisotopic (exact) mass is 275 g/mol. The van der Waals surface area contributed by atoms with Crippen LogP contribution in [0.3, 0.4) is 0 Å². The highest BCUT2D eigenvalue weighted by atomic mass is 16.6. The van der Waals surface area contributed by atoms with Crippen LogP contribution < -0.4 is 10.5 Å². The van der Waals surface area contributed by atoms with E-state index in [0.29, 0.717) is 25.4 Å². The highest BCUT2D eigenvalue weighted by molar-refractivity contribution is 5.85. The smallest absolute Gasteiger partial charge is 0.410 e. The molecule has 0 unspecified atom stereocenters. The first kappa shape index (κ1) is 14.4. The Kier molecular flexibility index (Phi) is 4.63. The molecule has 0 bridgehead atoms. The van der Waals surface area contributed by atoms with Gasteiger partial charge in [0.1, 0.15) is 5.75 Å². The summed E-state index contributed by atoms with van der Waals surface area (Å²) in [6, 6.07) is 5.60. The van der Waals surface area contributed by atoms with E-state index in [1.54, 1.807) is 11.0 Å². The molecule has 2 rings (SSSR count). The lowest BCUT2D eigenvalue weighted by atomic mass is 10.1. The Labute approximate surface area is 118 Å². The van der Waals surface area contributed by atoms with Crippen molar-refractivity contribution < 1.29 is 9.53 Å². The van der Waals surface area contributed by atoms with Gasteiger partial charge in [0.25, 0.3) is 0 Å². The number of nitrogens with one attached hydrogen (secondary N) is 1. The van der Waals surface area contributed by atoms with E-state index in [-0.39, 0.29) is 6.09 Å². The van der Waals surface area contributed by atoms with Crippen LogP contribution in [0.25, 0.3) is 10.9 Å². The van der Waals surface area contributed by atoms with E-state index in [0.717, 1.165) is 22.9 Å². The fraction of sp³-hybridized carbons (Fsp3) is 0.400. The summed E-state index contributed by atoms with van der Waals surface area (Å²) in [7, 11) is 0. The van der Waals surface area contributed by atoms with Gasteiger partial charge in [0.15, 0.2) is 0 Å². The van der Waals surface area contributed by atoms with Gasteiger partial charge in [-0.15, -0.1) is 0 Å². The Hall–Kier alpha value is -2.01. The van der Waals surface area contributed by atoms with Crippen molar-refractivity contribution in [3.05, 3.63) is 30.0 Å². The molecule has 1 aromatic carbocycles. The number of H-pyrrole nitrogens is 1. The molecular weight excluding hydrogens is 254 g/mol. The molecule has 0 saturated heterocycles. The molecule has 20 heavy (non-hydrogen) atoms. The van der Waals surface area contributed by atoms with Crippen molar-refractivity contribution >= 4 is 17.0 Å². The van der Waals surface area contributed by atoms with Crippen molar-refractivity contribution in [2.24, 2.45) is 5.73 Å². The summed E-state index contributed by atoms with van der Waals surface area (Å²) in [5, 5.41) is 1.06. The predicted octanol–water partition coefficient (Wildman–Crippen LogP) is 2.51. The number of aromatic amines is 1. The molecule has 5 heteroatoms. The third kappa shape index (κ3) is 2.93. The largest absolute Gasteiger partial charge is 0.415 e. The second kappa shape index (κ2) is 6.43. The second-order valence-corrected chi connectivity index (χ2v) is 4.60. The highest BCUT2D eigenvalue weighted by Crippen LogP contribution is 2.24. The van der Waals surface area contributed by atoms with E-state index in [4.69, 9.17) is 10.5 Å². The Bertz CT molecular complexity index is 588. The summed E-state index contributed by atoms with van der Waals surface area (Å²) in [5.74, 6) is 0.562. The van der Waals surface area contributed by atoms with Crippen molar-refractivity contribution in [2.75, 3.05) is 19.6 Å². The third-order valence-corrected chi connectivity index (χ3v) is 3.38. The summed E-state index contributed by atoms with van der Waals surface area (Å²) in [6.45, 7) is 5.73. The summed E-state index contributed by atoms with van der Waals surface area (Å²) in [6.07, 6.45) is 2.44. The normalized spacial score (nSPS) is 10.8. The molecule has 0 saturated carbocycles. The maximum absolute atomic E-state index is 11.9. The molecule has 2 aromatic rings. The standard InChI is InChI=1S/C15H21N3O2/c1-3-18(4-2)15(19)20-12-5-6-14-13(9-12)11(7-8-16)10-17-14/h5-6,9-10,17H,3-4,7-8,16H2,1-2H3. The van der Waals surface area contributed by atoms with Gasteiger partial charge in [-0.3, -0.25) is 0 Å². The lowest BCUT2D eigenvalue weighted by Gasteiger charge is -2.17. The van der Waals surface area contributed by atoms with Gasteiger partial charge >= 0.3 is 6.09 Å². The summed E-state index contributed by atoms with van der Waals surface area (Å²) < 4.78 is 5.41. The van der Waals surface area contributed by atoms with Gasteiger partial charge in [0, 0.05) is 30.2 Å². The molecule has 0 spiro atoms. The van der Waals surface area contributed by atoms with Crippen molar-refractivity contribution in [3.63, 3.8) is 0 Å². The van der Waals surface area contributed by atoms with Crippen LogP contribution >= 0.6 is 0 Å². The molecule has 3 N–H and O–H groups in total. The van der Waals surface area contributed by atoms with E-state index >= 15 is 0 Å². The van der Waals surface area contributed by atoms with Crippen LogP contribution in [0.4, 0.5) is 4.79 Å². The molecule has 0 aliphatic carbocycles. The van der Waals surface area contributed by atoms with Crippen molar-refractivity contribution in [3.8, 4) is 5.75 Å². The van der Waals surface area contributed by atoms with Gasteiger partial charge < -0.3 is 20.4 Å². The molecule has 1 amide bonds. The number of nitrogens with two attached hydrogens (primary N) is 1. The molecule has 0 radical (unpaired) electrons. The maximum Gasteiger partial charge on any atom is 0.415 e. The minimum atomic E-state index is -0.315. The first-order valence-electron chi connectivity index (χ1n) is 6.96. The topological polar surface area (TPSA) is 71.3 Å². The number of carbonyl (C=O) groups is 1. The van der Waals surface area contributed by atoms with Crippen LogP contribution in [0.5, 0.6) is 5.75 Å². The lowest BCUT2D eigenvalue weighted by molar-refractivity contribution is 0.157. The molecule has 1 heterocycles. The van der Waals surface area contributed by atoms with Crippen LogP contribution in [0.1, 0.15) is 19.4 Å². The lowest BCUT2D eigenvalue weighted by Crippen LogP contribution is -2.33. The van der Waals surface area contributed by atoms with Gasteiger partial charge in [-0.25, -0.2) is 4.79 Å². The van der Waals surface area contributed by atoms with Crippen LogP contribution in [0, 0.1) is 0 Å². The predicted molar refractivity (Wildman–Crippen MR) is 80.0 cm³/mol. The van der Waals surface area contributed by atoms with E-state index in [1.165, 1.54) is 0 Å². The Balaban J connectivity index is 2.22. The molecular formula is C15H21N3O2. The van der Waals surface area contributed by atoms with E-state index in [2.05, 4.69) is 4.98 Å². The zero-order valence-corrected chi connectivity index (χ0v) is 12.0. The minimum absolute atomic E-state index is 0.315. The van der Waals surface area contributed by atoms with E-state index in [9.17, 15) is 4.79 Å². The van der Waals surface area contributed by atoms with Gasteiger partial charge in [-0.05, 0) is 50.6 Å². The first-order chi connectivity index (χ1) is 9.69. The van der Waals surface area contributed by atoms with Crippen molar-refractivity contribution in [2.45, 2.75) is 20.3 Å². The summed E-state index contributed by atoms with van der Waals surface area (Å²) in [4.78, 5) is 16.8. The number of hydrogen-bond donors (Lipinski definition) is 2. The summed E-state index contributed by atoms with van der Waals surface area (Å²) in [5.41, 5.74) is 7.77. The Morgan fingerprint density at radius 3 is 2.75 bits per heavy atom. The van der Waals surface area contributed by atoms with Crippen LogP contribution in [0.2, 0.25) is 0 Å². The number of rotatable bonds is 5. The number of benzene rings is 1. The van der Waals surface area contributed by atoms with Crippen LogP contribution in [-0.2, 0) is 6.42 Å². The van der Waals surface area contributed by atoms with Gasteiger partial charge in [0.2, 0.25) is 0 Å². The molecule has 0 aliphatic heterocycles. The average molecular weight is 275 g/mol. The van der Waals surface area contributed by atoms with Crippen LogP contribution in [0.15, 0.2) is 24.4 Å². The maximum atomic E-state index is 11.9. The molecule has 0 aliphatic rings. The van der Waals surface area contributed by atoms with Crippen molar-refractivity contribution in [1.82, 2.24) is 9.88 Å². The van der Waals surface area contributed by atoms with Gasteiger partial charge in [-0.2, -0.15) is 0 Å². The van der Waals surface area contributed by atoms with Crippen LogP contribution in [-0.4, -0.2) is 35.6 Å². The fourth-order valence-electron chi connectivity index (χ4n) is 2.23. The first-order valence-corrected chi connectivity index (χ1v) is 6.96. The Morgan fingerprint density at radius 2 is 2.10 bits per heavy atom. The van der Waals surface area contributed by atoms with Crippen molar-refractivity contribution in [1.29, 1.82) is 0 Å². The third-order valence-electron chi connectivity index (χ3n) is 3.38. The number of carbonyl (C=O) groups excluding carboxylic acids is 1. The summed E-state index contributed by atoms with van der Waals surface area (Å²) >= 11 is 0. The molecule has 5 nitrogen and oxygen atoms in total. The van der Waals surface area contributed by atoms with E-state index in [1.807, 2.05) is 32.2 Å². The van der Waals surface area contributed by atoms with Gasteiger partial charge in [0.05, 0.1) is 0 Å². The van der Waals surface area contributed by atoms with Gasteiger partial charge in [-0.1, -0.05) is 0 Å². The Morgan fingerprint density at radius 1 is 1.35 bits per heavy atom. The highest BCUT2D eigenvalue weighted by Gasteiger charge is 2.13. The minimum Gasteiger partial charge on any atom is -0.410 e. The number of fused-ring (bicyclic) bond motifs is 1. The molecule has 108 valence electrons. The quantitative estimate of drug-likeness (QED) is 0.880. The second-order valence-electron chi connectivity index (χ2n) is 4.60. The number of aromatic nitrogens is 1. The molecule has 0 fully saturated rings. The molecule has 1 aromatic heterocycles. The number of ether oxygens (including phenoxy) is 1. The zero-order chi connectivity index (χ0) is 14.5. The number of hydrogen-bond acceptors (Lipinski definition) is 3. The fourth-order valence-corrected chi connectivity index (χ4v) is 2.23. The number of nitrogens with zero attached hydrogens (tertiary/aromatic N) is 1. The zero-order valence-electron chi connectivity index (χ0n) is 12.0.